The number of benzene rings is 1. The third-order valence-electron chi connectivity index (χ3n) is 5.18. The molecule has 0 radical (unpaired) electrons. The summed E-state index contributed by atoms with van der Waals surface area (Å²) in [5, 5.41) is 2.54. The molecule has 3 rings (SSSR count). The predicted octanol–water partition coefficient (Wildman–Crippen LogP) is 2.43. The van der Waals surface area contributed by atoms with Crippen molar-refractivity contribution in [3.8, 4) is 11.1 Å². The second-order valence-electron chi connectivity index (χ2n) is 7.39. The van der Waals surface area contributed by atoms with E-state index in [4.69, 9.17) is 5.73 Å². The van der Waals surface area contributed by atoms with Gasteiger partial charge in [0.1, 0.15) is 11.5 Å². The second kappa shape index (κ2) is 9.19. The van der Waals surface area contributed by atoms with E-state index in [1.807, 2.05) is 0 Å². The average Bonchev–Trinajstić information content (AvgIpc) is 3.03. The third-order valence-corrected chi connectivity index (χ3v) is 6.99. The highest BCUT2D eigenvalue weighted by Crippen LogP contribution is 2.35. The van der Waals surface area contributed by atoms with Crippen LogP contribution in [0, 0.1) is 6.92 Å². The van der Waals surface area contributed by atoms with E-state index in [0.29, 0.717) is 27.9 Å². The summed E-state index contributed by atoms with van der Waals surface area (Å²) >= 11 is 0. The Morgan fingerprint density at radius 2 is 2.00 bits per heavy atom. The Morgan fingerprint density at radius 1 is 1.28 bits per heavy atom. The summed E-state index contributed by atoms with van der Waals surface area (Å²) < 4.78 is 42.5. The quantitative estimate of drug-likeness (QED) is 0.564. The Hall–Kier alpha value is -3.08. The lowest BCUT2D eigenvalue weighted by atomic mass is 10.0. The van der Waals surface area contributed by atoms with E-state index in [2.05, 4.69) is 10.3 Å². The van der Waals surface area contributed by atoms with Gasteiger partial charge in [-0.05, 0) is 42.8 Å². The van der Waals surface area contributed by atoms with Gasteiger partial charge in [-0.3, -0.25) is 4.79 Å². The van der Waals surface area contributed by atoms with Crippen molar-refractivity contribution >= 4 is 27.0 Å². The molecular weight excluding hydrogens is 433 g/mol. The normalized spacial score (nSPS) is 12.5. The SMILES string of the molecule is CNC(=O)c1ccc2c(n1)c(-c1cccc(S(=O)(=O)N(C)C)c1)c(C)n2CC(F)=CCN. The Kier molecular flexibility index (Phi) is 6.77. The zero-order valence-electron chi connectivity index (χ0n) is 18.4. The second-order valence-corrected chi connectivity index (χ2v) is 9.54. The van der Waals surface area contributed by atoms with Crippen molar-refractivity contribution in [3.63, 3.8) is 0 Å². The standard InChI is InChI=1S/C22H26FN5O3S/c1-14-20(15-6-5-7-17(12-15)32(30,31)27(3)4)21-19(28(14)13-16(23)10-11-24)9-8-18(26-21)22(29)25-2/h5-10,12H,11,13,24H2,1-4H3,(H,25,29). The zero-order valence-corrected chi connectivity index (χ0v) is 19.2. The number of amides is 1. The summed E-state index contributed by atoms with van der Waals surface area (Å²) in [4.78, 5) is 16.8. The van der Waals surface area contributed by atoms with E-state index in [-0.39, 0.29) is 29.6 Å². The Labute approximate surface area is 186 Å². The van der Waals surface area contributed by atoms with Gasteiger partial charge in [-0.25, -0.2) is 22.1 Å². The fourth-order valence-electron chi connectivity index (χ4n) is 3.51. The van der Waals surface area contributed by atoms with Gasteiger partial charge in [-0.2, -0.15) is 0 Å². The number of fused-ring (bicyclic) bond motifs is 1. The van der Waals surface area contributed by atoms with Crippen LogP contribution in [0.4, 0.5) is 4.39 Å². The third kappa shape index (κ3) is 4.29. The van der Waals surface area contributed by atoms with Crippen molar-refractivity contribution in [2.75, 3.05) is 27.7 Å². The number of pyridine rings is 1. The van der Waals surface area contributed by atoms with Gasteiger partial charge in [-0.15, -0.1) is 0 Å². The first kappa shape index (κ1) is 23.6. The minimum absolute atomic E-state index is 0.0593. The summed E-state index contributed by atoms with van der Waals surface area (Å²) in [6.45, 7) is 1.82. The maximum atomic E-state index is 14.4. The van der Waals surface area contributed by atoms with Crippen LogP contribution < -0.4 is 11.1 Å². The molecule has 1 aromatic carbocycles. The van der Waals surface area contributed by atoms with E-state index in [0.717, 1.165) is 4.31 Å². The van der Waals surface area contributed by atoms with Gasteiger partial charge in [0, 0.05) is 38.9 Å². The molecule has 3 N–H and O–H groups in total. The van der Waals surface area contributed by atoms with E-state index < -0.39 is 15.9 Å². The minimum Gasteiger partial charge on any atom is -0.354 e. The van der Waals surface area contributed by atoms with Crippen LogP contribution >= 0.6 is 0 Å². The van der Waals surface area contributed by atoms with Gasteiger partial charge in [0.2, 0.25) is 10.0 Å². The molecule has 2 aromatic heterocycles. The summed E-state index contributed by atoms with van der Waals surface area (Å²) in [5.41, 5.74) is 8.64. The first-order chi connectivity index (χ1) is 15.1. The molecule has 170 valence electrons. The maximum Gasteiger partial charge on any atom is 0.269 e. The molecular formula is C22H26FN5O3S. The van der Waals surface area contributed by atoms with Crippen LogP contribution in [-0.4, -0.2) is 55.9 Å². The van der Waals surface area contributed by atoms with Gasteiger partial charge >= 0.3 is 0 Å². The lowest BCUT2D eigenvalue weighted by Crippen LogP contribution is -2.22. The molecule has 0 fully saturated rings. The Bertz CT molecular complexity index is 1310. The van der Waals surface area contributed by atoms with E-state index in [9.17, 15) is 17.6 Å². The van der Waals surface area contributed by atoms with E-state index in [1.54, 1.807) is 41.8 Å². The molecule has 0 saturated heterocycles. The number of halogens is 1. The van der Waals surface area contributed by atoms with Crippen LogP contribution in [0.1, 0.15) is 16.2 Å². The number of rotatable bonds is 7. The number of nitrogens with two attached hydrogens (primary N) is 1. The lowest BCUT2D eigenvalue weighted by Gasteiger charge is -2.12. The molecule has 1 amide bonds. The van der Waals surface area contributed by atoms with Gasteiger partial charge in [-0.1, -0.05) is 12.1 Å². The molecule has 0 aliphatic rings. The zero-order chi connectivity index (χ0) is 23.6. The van der Waals surface area contributed by atoms with Crippen LogP contribution in [0.5, 0.6) is 0 Å². The molecule has 2 heterocycles. The topological polar surface area (TPSA) is 110 Å². The number of carbonyl (C=O) groups excluding carboxylic acids is 1. The van der Waals surface area contributed by atoms with Gasteiger partial charge in [0.25, 0.3) is 5.91 Å². The Morgan fingerprint density at radius 3 is 2.62 bits per heavy atom. The van der Waals surface area contributed by atoms with Crippen molar-refractivity contribution in [2.24, 2.45) is 5.73 Å². The van der Waals surface area contributed by atoms with Gasteiger partial charge < -0.3 is 15.6 Å². The molecule has 10 heteroatoms. The number of sulfonamides is 1. The molecule has 0 bridgehead atoms. The fraction of sp³-hybridized carbons (Fsp3) is 0.273. The lowest BCUT2D eigenvalue weighted by molar-refractivity contribution is 0.0958. The highest BCUT2D eigenvalue weighted by atomic mass is 32.2. The molecule has 0 saturated carbocycles. The van der Waals surface area contributed by atoms with Gasteiger partial charge in [0.05, 0.1) is 22.5 Å². The van der Waals surface area contributed by atoms with E-state index in [1.165, 1.54) is 33.3 Å². The molecule has 0 spiro atoms. The monoisotopic (exact) mass is 459 g/mol. The fourth-order valence-corrected chi connectivity index (χ4v) is 4.46. The number of nitrogens with one attached hydrogen (secondary N) is 1. The highest BCUT2D eigenvalue weighted by molar-refractivity contribution is 7.89. The maximum absolute atomic E-state index is 14.4. The summed E-state index contributed by atoms with van der Waals surface area (Å²) in [5.74, 6) is -0.764. The van der Waals surface area contributed by atoms with Crippen molar-refractivity contribution in [1.29, 1.82) is 0 Å². The van der Waals surface area contributed by atoms with Crippen LogP contribution in [0.2, 0.25) is 0 Å². The number of hydrogen-bond donors (Lipinski definition) is 2. The van der Waals surface area contributed by atoms with Crippen LogP contribution in [0.15, 0.2) is 53.2 Å². The average molecular weight is 460 g/mol. The summed E-state index contributed by atoms with van der Waals surface area (Å²) in [7, 11) is 0.771. The largest absolute Gasteiger partial charge is 0.354 e. The predicted molar refractivity (Wildman–Crippen MR) is 122 cm³/mol. The minimum atomic E-state index is -3.66. The summed E-state index contributed by atoms with van der Waals surface area (Å²) in [6, 6.07) is 9.76. The Balaban J connectivity index is 2.31. The summed E-state index contributed by atoms with van der Waals surface area (Å²) in [6.07, 6.45) is 1.29. The van der Waals surface area contributed by atoms with Crippen LogP contribution in [-0.2, 0) is 16.6 Å². The number of allylic oxidation sites excluding steroid dienone is 1. The smallest absolute Gasteiger partial charge is 0.269 e. The first-order valence-electron chi connectivity index (χ1n) is 9.91. The number of nitrogens with zero attached hydrogens (tertiary/aromatic N) is 3. The molecule has 0 aliphatic heterocycles. The van der Waals surface area contributed by atoms with Crippen molar-refractivity contribution in [1.82, 2.24) is 19.2 Å². The van der Waals surface area contributed by atoms with Crippen molar-refractivity contribution in [3.05, 3.63) is 59.7 Å². The number of aromatic nitrogens is 2. The number of carbonyl (C=O) groups is 1. The molecule has 8 nitrogen and oxygen atoms in total. The highest BCUT2D eigenvalue weighted by Gasteiger charge is 2.22. The van der Waals surface area contributed by atoms with Crippen LogP contribution in [0.25, 0.3) is 22.2 Å². The molecule has 32 heavy (non-hydrogen) atoms. The number of hydrogen-bond acceptors (Lipinski definition) is 5. The van der Waals surface area contributed by atoms with Gasteiger partial charge in [0.15, 0.2) is 0 Å². The molecule has 3 aromatic rings. The molecule has 0 unspecified atom stereocenters. The van der Waals surface area contributed by atoms with Crippen molar-refractivity contribution < 1.29 is 17.6 Å². The molecule has 0 aliphatic carbocycles. The first-order valence-corrected chi connectivity index (χ1v) is 11.3. The van der Waals surface area contributed by atoms with Crippen LogP contribution in [0.3, 0.4) is 0 Å². The molecule has 0 atom stereocenters. The van der Waals surface area contributed by atoms with E-state index >= 15 is 0 Å². The van der Waals surface area contributed by atoms with Crippen molar-refractivity contribution in [2.45, 2.75) is 18.4 Å².